The first-order valence-electron chi connectivity index (χ1n) is 12.3. The van der Waals surface area contributed by atoms with Crippen LogP contribution in [0.5, 0.6) is 11.5 Å². The van der Waals surface area contributed by atoms with Crippen LogP contribution in [0.4, 0.5) is 5.13 Å². The number of fused-ring (bicyclic) bond motifs is 2. The number of carbonyl (C=O) groups excluding carboxylic acids is 1. The Hall–Kier alpha value is -3.14. The van der Waals surface area contributed by atoms with E-state index in [1.807, 2.05) is 25.1 Å². The minimum atomic E-state index is -0.141. The van der Waals surface area contributed by atoms with Crippen LogP contribution < -0.4 is 25.2 Å². The molecule has 1 fully saturated rings. The second-order valence-electron chi connectivity index (χ2n) is 9.05. The minimum absolute atomic E-state index is 0.0226. The van der Waals surface area contributed by atoms with Crippen LogP contribution in [-0.4, -0.2) is 47.3 Å². The number of carbonyl (C=O) groups is 1. The van der Waals surface area contributed by atoms with Crippen molar-refractivity contribution in [2.75, 3.05) is 31.7 Å². The molecule has 10 heteroatoms. The predicted octanol–water partition coefficient (Wildman–Crippen LogP) is 2.97. The summed E-state index contributed by atoms with van der Waals surface area (Å²) in [6, 6.07) is 5.70. The lowest BCUT2D eigenvalue weighted by Crippen LogP contribution is -2.43. The maximum absolute atomic E-state index is 13.0. The molecule has 5 rings (SSSR count). The molecule has 186 valence electrons. The number of nitrogens with zero attached hydrogens (tertiary/aromatic N) is 4. The molecule has 1 aliphatic heterocycles. The number of ether oxygens (including phenoxy) is 2. The standard InChI is InChI=1S/C25H31N5O4S/c1-3-34-20-11-10-16(13-21(20)33-2)14-26-22(31)17-7-6-12-29(15-17)25-28-30-23(32)18-8-4-5-9-19(18)27-24(30)35-25/h10-11,13,17H,3-9,12,14-15H2,1-2H3,(H,26,31)/t17-/m0/s1. The van der Waals surface area contributed by atoms with Gasteiger partial charge in [-0.25, -0.2) is 4.98 Å². The van der Waals surface area contributed by atoms with Crippen molar-refractivity contribution < 1.29 is 14.3 Å². The van der Waals surface area contributed by atoms with E-state index in [0.717, 1.165) is 67.0 Å². The summed E-state index contributed by atoms with van der Waals surface area (Å²) in [5.74, 6) is 1.23. The van der Waals surface area contributed by atoms with E-state index in [1.165, 1.54) is 15.9 Å². The second-order valence-corrected chi connectivity index (χ2v) is 9.98. The smallest absolute Gasteiger partial charge is 0.278 e. The van der Waals surface area contributed by atoms with Gasteiger partial charge in [0.2, 0.25) is 16.0 Å². The van der Waals surface area contributed by atoms with Gasteiger partial charge in [0.25, 0.3) is 5.56 Å². The maximum atomic E-state index is 13.0. The third kappa shape index (κ3) is 4.84. The number of hydrogen-bond donors (Lipinski definition) is 1. The zero-order chi connectivity index (χ0) is 24.4. The fourth-order valence-corrected chi connectivity index (χ4v) is 5.83. The number of nitrogens with one attached hydrogen (secondary N) is 1. The normalized spacial score (nSPS) is 17.8. The lowest BCUT2D eigenvalue weighted by molar-refractivity contribution is -0.125. The highest BCUT2D eigenvalue weighted by molar-refractivity contribution is 7.20. The van der Waals surface area contributed by atoms with Crippen molar-refractivity contribution in [1.29, 1.82) is 0 Å². The molecule has 1 atom stereocenters. The zero-order valence-corrected chi connectivity index (χ0v) is 21.0. The molecule has 2 aromatic heterocycles. The highest BCUT2D eigenvalue weighted by Crippen LogP contribution is 2.29. The quantitative estimate of drug-likeness (QED) is 0.536. The van der Waals surface area contributed by atoms with Crippen molar-refractivity contribution in [1.82, 2.24) is 19.9 Å². The van der Waals surface area contributed by atoms with Gasteiger partial charge < -0.3 is 19.7 Å². The maximum Gasteiger partial charge on any atom is 0.278 e. The van der Waals surface area contributed by atoms with Crippen LogP contribution in [0.25, 0.3) is 4.96 Å². The highest BCUT2D eigenvalue weighted by Gasteiger charge is 2.28. The van der Waals surface area contributed by atoms with Crippen molar-refractivity contribution >= 4 is 27.3 Å². The van der Waals surface area contributed by atoms with E-state index in [0.29, 0.717) is 36.2 Å². The average Bonchev–Trinajstić information content (AvgIpc) is 3.33. The summed E-state index contributed by atoms with van der Waals surface area (Å²) in [5.41, 5.74) is 2.65. The summed E-state index contributed by atoms with van der Waals surface area (Å²) in [4.78, 5) is 33.4. The molecule has 1 aromatic carbocycles. The molecule has 0 radical (unpaired) electrons. The molecule has 1 N–H and O–H groups in total. The SMILES string of the molecule is CCOc1ccc(CNC(=O)[C@H]2CCCN(c3nn4c(=O)c5c(nc4s3)CCCC5)C2)cc1OC. The first kappa shape index (κ1) is 23.6. The first-order valence-corrected chi connectivity index (χ1v) is 13.1. The van der Waals surface area contributed by atoms with E-state index in [2.05, 4.69) is 15.3 Å². The molecule has 35 heavy (non-hydrogen) atoms. The predicted molar refractivity (Wildman–Crippen MR) is 135 cm³/mol. The second kappa shape index (κ2) is 10.2. The number of benzene rings is 1. The number of amides is 1. The molecule has 3 aromatic rings. The Morgan fingerprint density at radius 3 is 2.91 bits per heavy atom. The van der Waals surface area contributed by atoms with Crippen LogP contribution >= 0.6 is 11.3 Å². The first-order chi connectivity index (χ1) is 17.1. The van der Waals surface area contributed by atoms with Crippen LogP contribution in [0.3, 0.4) is 0 Å². The van der Waals surface area contributed by atoms with Crippen LogP contribution in [0.15, 0.2) is 23.0 Å². The minimum Gasteiger partial charge on any atom is -0.493 e. The largest absolute Gasteiger partial charge is 0.493 e. The molecule has 0 spiro atoms. The molecule has 1 amide bonds. The van der Waals surface area contributed by atoms with Gasteiger partial charge in [-0.2, -0.15) is 4.52 Å². The summed E-state index contributed by atoms with van der Waals surface area (Å²) in [7, 11) is 1.61. The van der Waals surface area contributed by atoms with E-state index in [4.69, 9.17) is 14.5 Å². The number of anilines is 1. The van der Waals surface area contributed by atoms with Crippen LogP contribution in [0, 0.1) is 5.92 Å². The number of piperidine rings is 1. The van der Waals surface area contributed by atoms with Gasteiger partial charge in [0, 0.05) is 25.2 Å². The summed E-state index contributed by atoms with van der Waals surface area (Å²) in [5, 5.41) is 8.43. The Morgan fingerprint density at radius 1 is 1.23 bits per heavy atom. The molecule has 1 aliphatic carbocycles. The van der Waals surface area contributed by atoms with Gasteiger partial charge in [0.15, 0.2) is 11.5 Å². The van der Waals surface area contributed by atoms with Crippen LogP contribution in [0.1, 0.15) is 49.4 Å². The number of hydrogen-bond acceptors (Lipinski definition) is 8. The molecule has 0 saturated carbocycles. The Labute approximate surface area is 208 Å². The van der Waals surface area contributed by atoms with E-state index in [-0.39, 0.29) is 17.4 Å². The molecule has 2 aliphatic rings. The van der Waals surface area contributed by atoms with Gasteiger partial charge in [-0.05, 0) is 63.1 Å². The van der Waals surface area contributed by atoms with Crippen molar-refractivity contribution in [2.24, 2.45) is 5.92 Å². The summed E-state index contributed by atoms with van der Waals surface area (Å²) in [6.45, 7) is 4.30. The van der Waals surface area contributed by atoms with Crippen LogP contribution in [-0.2, 0) is 24.2 Å². The lowest BCUT2D eigenvalue weighted by atomic mass is 9.97. The van der Waals surface area contributed by atoms with Crippen molar-refractivity contribution in [3.8, 4) is 11.5 Å². The zero-order valence-electron chi connectivity index (χ0n) is 20.2. The summed E-state index contributed by atoms with van der Waals surface area (Å²) < 4.78 is 12.4. The van der Waals surface area contributed by atoms with Gasteiger partial charge in [0.05, 0.1) is 25.3 Å². The Bertz CT molecular complexity index is 1290. The molecular formula is C25H31N5O4S. The Kier molecular flexibility index (Phi) is 6.90. The summed E-state index contributed by atoms with van der Waals surface area (Å²) in [6.07, 6.45) is 5.46. The van der Waals surface area contributed by atoms with Crippen molar-refractivity contribution in [3.63, 3.8) is 0 Å². The molecular weight excluding hydrogens is 466 g/mol. The molecule has 0 unspecified atom stereocenters. The van der Waals surface area contributed by atoms with E-state index >= 15 is 0 Å². The summed E-state index contributed by atoms with van der Waals surface area (Å²) >= 11 is 1.43. The van der Waals surface area contributed by atoms with Gasteiger partial charge in [-0.1, -0.05) is 17.4 Å². The number of methoxy groups -OCH3 is 1. The average molecular weight is 498 g/mol. The van der Waals surface area contributed by atoms with Gasteiger partial charge >= 0.3 is 0 Å². The third-order valence-electron chi connectivity index (χ3n) is 6.73. The Balaban J connectivity index is 1.26. The Morgan fingerprint density at radius 2 is 2.09 bits per heavy atom. The lowest BCUT2D eigenvalue weighted by Gasteiger charge is -2.31. The molecule has 1 saturated heterocycles. The van der Waals surface area contributed by atoms with Crippen LogP contribution in [0.2, 0.25) is 0 Å². The van der Waals surface area contributed by atoms with E-state index in [1.54, 1.807) is 7.11 Å². The fourth-order valence-electron chi connectivity index (χ4n) is 4.89. The third-order valence-corrected chi connectivity index (χ3v) is 7.70. The van der Waals surface area contributed by atoms with Crippen molar-refractivity contribution in [3.05, 3.63) is 45.4 Å². The monoisotopic (exact) mass is 497 g/mol. The highest BCUT2D eigenvalue weighted by atomic mass is 32.1. The number of aromatic nitrogens is 3. The molecule has 9 nitrogen and oxygen atoms in total. The van der Waals surface area contributed by atoms with Gasteiger partial charge in [-0.3, -0.25) is 9.59 Å². The fraction of sp³-hybridized carbons (Fsp3) is 0.520. The molecule has 3 heterocycles. The van der Waals surface area contributed by atoms with Gasteiger partial charge in [-0.15, -0.1) is 5.10 Å². The van der Waals surface area contributed by atoms with Gasteiger partial charge in [0.1, 0.15) is 0 Å². The number of aryl methyl sites for hydroxylation is 1. The van der Waals surface area contributed by atoms with Crippen molar-refractivity contribution in [2.45, 2.75) is 52.0 Å². The van der Waals surface area contributed by atoms with E-state index in [9.17, 15) is 9.59 Å². The number of rotatable bonds is 7. The molecule has 0 bridgehead atoms. The van der Waals surface area contributed by atoms with E-state index < -0.39 is 0 Å². The topological polar surface area (TPSA) is 98.1 Å².